The van der Waals surface area contributed by atoms with Crippen molar-refractivity contribution in [2.24, 2.45) is 0 Å². The highest BCUT2D eigenvalue weighted by Crippen LogP contribution is 2.24. The zero-order chi connectivity index (χ0) is 17.9. The van der Waals surface area contributed by atoms with E-state index in [1.807, 2.05) is 6.92 Å². The van der Waals surface area contributed by atoms with Crippen LogP contribution in [0.3, 0.4) is 0 Å². The fraction of sp³-hybridized carbons (Fsp3) is 0.556. The largest absolute Gasteiger partial charge is 0.481 e. The Morgan fingerprint density at radius 1 is 0.846 bits per heavy atom. The molecule has 2 fully saturated rings. The molecular weight excluding hydrogens is 330 g/mol. The van der Waals surface area contributed by atoms with Gasteiger partial charge in [0, 0.05) is 57.6 Å². The summed E-state index contributed by atoms with van der Waals surface area (Å²) in [7, 11) is 1.62. The van der Waals surface area contributed by atoms with Crippen molar-refractivity contribution >= 4 is 17.6 Å². The minimum Gasteiger partial charge on any atom is -0.481 e. The second-order valence-corrected chi connectivity index (χ2v) is 6.70. The van der Waals surface area contributed by atoms with Crippen LogP contribution < -0.4 is 19.4 Å². The van der Waals surface area contributed by atoms with E-state index < -0.39 is 0 Å². The van der Waals surface area contributed by atoms with Gasteiger partial charge >= 0.3 is 0 Å². The van der Waals surface area contributed by atoms with Crippen molar-refractivity contribution in [3.63, 3.8) is 0 Å². The Morgan fingerprint density at radius 3 is 2.12 bits per heavy atom. The van der Waals surface area contributed by atoms with Gasteiger partial charge in [-0.1, -0.05) is 0 Å². The van der Waals surface area contributed by atoms with E-state index in [9.17, 15) is 0 Å². The molecule has 0 bridgehead atoms. The molecule has 0 spiro atoms. The number of anilines is 3. The Kier molecular flexibility index (Phi) is 4.73. The van der Waals surface area contributed by atoms with Crippen molar-refractivity contribution in [2.75, 3.05) is 61.1 Å². The van der Waals surface area contributed by atoms with E-state index in [-0.39, 0.29) is 0 Å². The van der Waals surface area contributed by atoms with Gasteiger partial charge in [-0.25, -0.2) is 15.0 Å². The van der Waals surface area contributed by atoms with E-state index in [0.29, 0.717) is 5.88 Å². The standard InChI is InChI=1S/C18H25N7O/c1-14-20-15(23-7-3-4-8-23)13-16(21-14)24-9-11-25(12-10-24)18-19-6-5-17(22-18)26-2/h5-6,13H,3-4,7-12H2,1-2H3. The third kappa shape index (κ3) is 3.49. The third-order valence-electron chi connectivity index (χ3n) is 4.95. The molecule has 0 amide bonds. The number of methoxy groups -OCH3 is 1. The number of hydrogen-bond acceptors (Lipinski definition) is 8. The molecule has 4 heterocycles. The normalized spacial score (nSPS) is 17.7. The van der Waals surface area contributed by atoms with E-state index in [2.05, 4.69) is 40.7 Å². The first kappa shape index (κ1) is 16.8. The maximum Gasteiger partial charge on any atom is 0.228 e. The van der Waals surface area contributed by atoms with Crippen LogP contribution in [0.2, 0.25) is 0 Å². The van der Waals surface area contributed by atoms with Crippen molar-refractivity contribution in [3.05, 3.63) is 24.2 Å². The van der Waals surface area contributed by atoms with Gasteiger partial charge in [0.05, 0.1) is 7.11 Å². The zero-order valence-corrected chi connectivity index (χ0v) is 15.4. The quantitative estimate of drug-likeness (QED) is 0.817. The van der Waals surface area contributed by atoms with E-state index in [1.165, 1.54) is 12.8 Å². The molecule has 8 nitrogen and oxygen atoms in total. The lowest BCUT2D eigenvalue weighted by Gasteiger charge is -2.35. The Bertz CT molecular complexity index is 755. The van der Waals surface area contributed by atoms with Crippen LogP contribution in [0.5, 0.6) is 5.88 Å². The smallest absolute Gasteiger partial charge is 0.228 e. The summed E-state index contributed by atoms with van der Waals surface area (Å²) in [6.45, 7) is 7.65. The molecule has 0 unspecified atom stereocenters. The highest BCUT2D eigenvalue weighted by Gasteiger charge is 2.22. The van der Waals surface area contributed by atoms with Crippen molar-refractivity contribution < 1.29 is 4.74 Å². The van der Waals surface area contributed by atoms with Crippen LogP contribution in [0.25, 0.3) is 0 Å². The van der Waals surface area contributed by atoms with Gasteiger partial charge in [-0.3, -0.25) is 0 Å². The maximum atomic E-state index is 5.20. The average molecular weight is 355 g/mol. The highest BCUT2D eigenvalue weighted by molar-refractivity contribution is 5.52. The van der Waals surface area contributed by atoms with Crippen LogP contribution in [0.1, 0.15) is 18.7 Å². The molecule has 138 valence electrons. The Morgan fingerprint density at radius 2 is 1.46 bits per heavy atom. The first-order valence-electron chi connectivity index (χ1n) is 9.20. The molecule has 0 N–H and O–H groups in total. The number of rotatable bonds is 4. The van der Waals surface area contributed by atoms with Gasteiger partial charge in [-0.15, -0.1) is 0 Å². The van der Waals surface area contributed by atoms with Gasteiger partial charge in [0.2, 0.25) is 11.8 Å². The number of hydrogen-bond donors (Lipinski definition) is 0. The fourth-order valence-corrected chi connectivity index (χ4v) is 3.54. The fourth-order valence-electron chi connectivity index (χ4n) is 3.54. The molecule has 0 saturated carbocycles. The minimum atomic E-state index is 0.596. The second-order valence-electron chi connectivity index (χ2n) is 6.70. The average Bonchev–Trinajstić information content (AvgIpc) is 3.23. The monoisotopic (exact) mass is 355 g/mol. The van der Waals surface area contributed by atoms with Crippen molar-refractivity contribution in [1.82, 2.24) is 19.9 Å². The molecule has 2 aromatic heterocycles. The topological polar surface area (TPSA) is 70.5 Å². The summed E-state index contributed by atoms with van der Waals surface area (Å²) in [5, 5.41) is 0. The molecule has 26 heavy (non-hydrogen) atoms. The zero-order valence-electron chi connectivity index (χ0n) is 15.4. The van der Waals surface area contributed by atoms with E-state index >= 15 is 0 Å². The molecule has 0 aromatic carbocycles. The first-order chi connectivity index (χ1) is 12.7. The van der Waals surface area contributed by atoms with E-state index in [1.54, 1.807) is 19.4 Å². The van der Waals surface area contributed by atoms with E-state index in [0.717, 1.165) is 62.7 Å². The Labute approximate surface area is 153 Å². The summed E-state index contributed by atoms with van der Waals surface area (Å²) in [4.78, 5) is 25.0. The number of aromatic nitrogens is 4. The molecule has 2 saturated heterocycles. The summed E-state index contributed by atoms with van der Waals surface area (Å²) in [5.74, 6) is 4.23. The summed E-state index contributed by atoms with van der Waals surface area (Å²) in [5.41, 5.74) is 0. The molecule has 2 aromatic rings. The highest BCUT2D eigenvalue weighted by atomic mass is 16.5. The predicted molar refractivity (Wildman–Crippen MR) is 101 cm³/mol. The van der Waals surface area contributed by atoms with Gasteiger partial charge in [-0.2, -0.15) is 4.98 Å². The molecule has 2 aliphatic rings. The summed E-state index contributed by atoms with van der Waals surface area (Å²) in [6, 6.07) is 3.90. The lowest BCUT2D eigenvalue weighted by molar-refractivity contribution is 0.396. The number of ether oxygens (including phenoxy) is 1. The van der Waals surface area contributed by atoms with Crippen LogP contribution in [-0.4, -0.2) is 66.3 Å². The van der Waals surface area contributed by atoms with Crippen LogP contribution in [0.15, 0.2) is 18.3 Å². The summed E-state index contributed by atoms with van der Waals surface area (Å²) >= 11 is 0. The van der Waals surface area contributed by atoms with Crippen LogP contribution >= 0.6 is 0 Å². The van der Waals surface area contributed by atoms with Gasteiger partial charge in [-0.05, 0) is 19.8 Å². The lowest BCUT2D eigenvalue weighted by atomic mass is 10.3. The number of aryl methyl sites for hydroxylation is 1. The van der Waals surface area contributed by atoms with Crippen LogP contribution in [0.4, 0.5) is 17.6 Å². The van der Waals surface area contributed by atoms with Crippen LogP contribution in [-0.2, 0) is 0 Å². The SMILES string of the molecule is COc1ccnc(N2CCN(c3cc(N4CCCC4)nc(C)n3)CC2)n1. The molecule has 2 aliphatic heterocycles. The molecule has 0 atom stereocenters. The molecule has 4 rings (SSSR count). The molecule has 0 radical (unpaired) electrons. The van der Waals surface area contributed by atoms with Crippen molar-refractivity contribution in [2.45, 2.75) is 19.8 Å². The van der Waals surface area contributed by atoms with Gasteiger partial charge in [0.1, 0.15) is 17.5 Å². The molecular formula is C18H25N7O. The third-order valence-corrected chi connectivity index (χ3v) is 4.95. The molecule has 0 aliphatic carbocycles. The van der Waals surface area contributed by atoms with Gasteiger partial charge in [0.25, 0.3) is 0 Å². The molecule has 8 heteroatoms. The first-order valence-corrected chi connectivity index (χ1v) is 9.20. The van der Waals surface area contributed by atoms with Gasteiger partial charge in [0.15, 0.2) is 0 Å². The maximum absolute atomic E-state index is 5.20. The number of piperazine rings is 1. The minimum absolute atomic E-state index is 0.596. The summed E-state index contributed by atoms with van der Waals surface area (Å²) in [6.07, 6.45) is 4.23. The van der Waals surface area contributed by atoms with Crippen molar-refractivity contribution in [3.8, 4) is 5.88 Å². The Balaban J connectivity index is 1.46. The van der Waals surface area contributed by atoms with Crippen molar-refractivity contribution in [1.29, 1.82) is 0 Å². The second kappa shape index (κ2) is 7.31. The summed E-state index contributed by atoms with van der Waals surface area (Å²) < 4.78 is 5.20. The Hall–Kier alpha value is -2.64. The predicted octanol–water partition coefficient (Wildman–Crippen LogP) is 1.51. The van der Waals surface area contributed by atoms with E-state index in [4.69, 9.17) is 4.74 Å². The van der Waals surface area contributed by atoms with Crippen LogP contribution in [0, 0.1) is 6.92 Å². The number of nitrogens with zero attached hydrogens (tertiary/aromatic N) is 7. The lowest BCUT2D eigenvalue weighted by Crippen LogP contribution is -2.47. The van der Waals surface area contributed by atoms with Gasteiger partial charge < -0.3 is 19.4 Å².